The summed E-state index contributed by atoms with van der Waals surface area (Å²) in [7, 11) is 0. The predicted molar refractivity (Wildman–Crippen MR) is 90.9 cm³/mol. The number of fused-ring (bicyclic) bond motifs is 1. The van der Waals surface area contributed by atoms with Crippen LogP contribution in [0.3, 0.4) is 0 Å². The normalized spacial score (nSPS) is 10.7. The quantitative estimate of drug-likeness (QED) is 0.536. The molecule has 5 heteroatoms. The standard InChI is InChI=1S/C18H15NO3S/c1-10-9-16(22-12(3)20)11(2)8-14(10)17-19-15-7-5-4-6-13(15)18(21)23-17/h4-9H,1-3H3/p+1. The molecule has 1 aromatic heterocycles. The lowest BCUT2D eigenvalue weighted by Crippen LogP contribution is -2.13. The Bertz CT molecular complexity index is 976. The van der Waals surface area contributed by atoms with Crippen LogP contribution in [0.1, 0.15) is 18.1 Å². The molecule has 0 unspecified atom stereocenters. The van der Waals surface area contributed by atoms with Gasteiger partial charge in [0.05, 0.1) is 5.56 Å². The number of nitrogens with one attached hydrogen (secondary N) is 1. The third-order valence-corrected chi connectivity index (χ3v) is 4.54. The highest BCUT2D eigenvalue weighted by atomic mass is 32.1. The molecule has 116 valence electrons. The number of benzene rings is 2. The molecule has 0 atom stereocenters. The Morgan fingerprint density at radius 1 is 1.13 bits per heavy atom. The van der Waals surface area contributed by atoms with Crippen LogP contribution in [0.4, 0.5) is 0 Å². The monoisotopic (exact) mass is 326 g/mol. The molecule has 23 heavy (non-hydrogen) atoms. The van der Waals surface area contributed by atoms with Crippen LogP contribution in [-0.4, -0.2) is 5.97 Å². The maximum Gasteiger partial charge on any atom is 0.308 e. The molecule has 0 aliphatic carbocycles. The van der Waals surface area contributed by atoms with Crippen molar-refractivity contribution in [3.63, 3.8) is 0 Å². The Balaban J connectivity index is 2.17. The van der Waals surface area contributed by atoms with Crippen molar-refractivity contribution in [2.24, 2.45) is 0 Å². The van der Waals surface area contributed by atoms with Crippen LogP contribution in [-0.2, 0) is 4.79 Å². The lowest BCUT2D eigenvalue weighted by atomic mass is 10.0. The number of para-hydroxylation sites is 1. The van der Waals surface area contributed by atoms with Crippen LogP contribution >= 0.6 is 11.3 Å². The number of carbonyl (C=O) groups excluding carboxylic acids is 1. The van der Waals surface area contributed by atoms with Crippen LogP contribution < -0.4 is 14.5 Å². The van der Waals surface area contributed by atoms with E-state index in [0.717, 1.165) is 27.2 Å². The molecule has 0 spiro atoms. The Hall–Kier alpha value is -2.53. The maximum atomic E-state index is 12.3. The van der Waals surface area contributed by atoms with Crippen LogP contribution in [0.2, 0.25) is 0 Å². The fourth-order valence-corrected chi connectivity index (χ4v) is 3.45. The second-order valence-electron chi connectivity index (χ2n) is 5.42. The summed E-state index contributed by atoms with van der Waals surface area (Å²) in [6, 6.07) is 11.2. The van der Waals surface area contributed by atoms with Gasteiger partial charge in [0, 0.05) is 13.0 Å². The molecule has 1 heterocycles. The number of H-pyrrole nitrogens is 1. The molecule has 0 aliphatic rings. The zero-order valence-electron chi connectivity index (χ0n) is 13.1. The third kappa shape index (κ3) is 3.00. The van der Waals surface area contributed by atoms with Gasteiger partial charge in [0.2, 0.25) is 5.52 Å². The first kappa shape index (κ1) is 15.4. The number of carbonyl (C=O) groups is 1. The molecule has 0 bridgehead atoms. The van der Waals surface area contributed by atoms with Crippen LogP contribution in [0, 0.1) is 13.8 Å². The van der Waals surface area contributed by atoms with E-state index in [1.54, 1.807) is 0 Å². The smallest absolute Gasteiger partial charge is 0.308 e. The molecular weight excluding hydrogens is 310 g/mol. The Morgan fingerprint density at radius 3 is 2.61 bits per heavy atom. The molecule has 0 amide bonds. The van der Waals surface area contributed by atoms with E-state index >= 15 is 0 Å². The summed E-state index contributed by atoms with van der Waals surface area (Å²) in [4.78, 5) is 26.8. The van der Waals surface area contributed by atoms with E-state index in [9.17, 15) is 9.59 Å². The first-order valence-corrected chi connectivity index (χ1v) is 8.02. The van der Waals surface area contributed by atoms with Gasteiger partial charge < -0.3 is 4.74 Å². The Kier molecular flexibility index (Phi) is 3.96. The molecule has 3 rings (SSSR count). The van der Waals surface area contributed by atoms with E-state index in [1.807, 2.05) is 50.2 Å². The van der Waals surface area contributed by atoms with E-state index in [4.69, 9.17) is 4.74 Å². The van der Waals surface area contributed by atoms with E-state index in [2.05, 4.69) is 4.98 Å². The first-order chi connectivity index (χ1) is 11.0. The average Bonchev–Trinajstić information content (AvgIpc) is 2.50. The summed E-state index contributed by atoms with van der Waals surface area (Å²) >= 11 is 1.18. The van der Waals surface area contributed by atoms with Crippen molar-refractivity contribution < 1.29 is 14.5 Å². The Labute approximate surface area is 137 Å². The summed E-state index contributed by atoms with van der Waals surface area (Å²) in [5.41, 5.74) is 3.54. The van der Waals surface area contributed by atoms with Crippen molar-refractivity contribution in [3.8, 4) is 16.3 Å². The molecule has 2 aromatic carbocycles. The van der Waals surface area contributed by atoms with Crippen LogP contribution in [0.5, 0.6) is 5.75 Å². The predicted octanol–water partition coefficient (Wildman–Crippen LogP) is 3.28. The molecule has 0 fully saturated rings. The van der Waals surface area contributed by atoms with E-state index in [0.29, 0.717) is 11.1 Å². The largest absolute Gasteiger partial charge is 0.426 e. The van der Waals surface area contributed by atoms with Gasteiger partial charge >= 0.3 is 5.97 Å². The zero-order valence-corrected chi connectivity index (χ0v) is 13.9. The minimum atomic E-state index is -0.345. The van der Waals surface area contributed by atoms with Gasteiger partial charge in [0.25, 0.3) is 9.75 Å². The number of aryl methyl sites for hydroxylation is 2. The molecule has 1 N–H and O–H groups in total. The summed E-state index contributed by atoms with van der Waals surface area (Å²) < 4.78 is 5.23. The van der Waals surface area contributed by atoms with Gasteiger partial charge in [-0.25, -0.2) is 0 Å². The van der Waals surface area contributed by atoms with E-state index in [1.165, 1.54) is 18.3 Å². The lowest BCUT2D eigenvalue weighted by molar-refractivity contribution is -0.326. The van der Waals surface area contributed by atoms with Crippen molar-refractivity contribution in [1.82, 2.24) is 0 Å². The Morgan fingerprint density at radius 2 is 1.87 bits per heavy atom. The number of aromatic amines is 1. The van der Waals surface area contributed by atoms with E-state index < -0.39 is 0 Å². The highest BCUT2D eigenvalue weighted by Crippen LogP contribution is 2.29. The zero-order chi connectivity index (χ0) is 16.6. The fourth-order valence-electron chi connectivity index (χ4n) is 2.49. The number of esters is 1. The van der Waals surface area contributed by atoms with Crippen molar-refractivity contribution >= 4 is 28.2 Å². The van der Waals surface area contributed by atoms with E-state index in [-0.39, 0.29) is 10.7 Å². The molecular formula is C18H16NO3S+. The third-order valence-electron chi connectivity index (χ3n) is 3.61. The highest BCUT2D eigenvalue weighted by Gasteiger charge is 2.17. The summed E-state index contributed by atoms with van der Waals surface area (Å²) in [5.74, 6) is 0.203. The number of hydrogen-bond donors (Lipinski definition) is 0. The van der Waals surface area contributed by atoms with Gasteiger partial charge in [-0.3, -0.25) is 9.59 Å². The minimum Gasteiger partial charge on any atom is -0.426 e. The summed E-state index contributed by atoms with van der Waals surface area (Å²) in [5, 5.41) is 1.48. The molecule has 0 saturated carbocycles. The van der Waals surface area contributed by atoms with Gasteiger partial charge in [-0.2, -0.15) is 4.98 Å². The topological polar surface area (TPSA) is 57.5 Å². The van der Waals surface area contributed by atoms with Gasteiger partial charge in [-0.15, -0.1) is 0 Å². The first-order valence-electron chi connectivity index (χ1n) is 7.21. The number of ether oxygens (including phenoxy) is 1. The fraction of sp³-hybridized carbons (Fsp3) is 0.167. The van der Waals surface area contributed by atoms with Gasteiger partial charge in [0.15, 0.2) is 0 Å². The minimum absolute atomic E-state index is 0.0236. The van der Waals surface area contributed by atoms with Gasteiger partial charge in [0.1, 0.15) is 11.1 Å². The highest BCUT2D eigenvalue weighted by molar-refractivity contribution is 7.12. The average molecular weight is 326 g/mol. The molecule has 3 aromatic rings. The number of hydrogen-bond acceptors (Lipinski definition) is 4. The van der Waals surface area contributed by atoms with Gasteiger partial charge in [-0.05, 0) is 54.5 Å². The van der Waals surface area contributed by atoms with Crippen molar-refractivity contribution in [3.05, 3.63) is 57.1 Å². The molecule has 0 radical (unpaired) electrons. The lowest BCUT2D eigenvalue weighted by Gasteiger charge is -2.09. The van der Waals surface area contributed by atoms with Crippen LogP contribution in [0.15, 0.2) is 41.2 Å². The van der Waals surface area contributed by atoms with Crippen molar-refractivity contribution in [1.29, 1.82) is 0 Å². The molecule has 4 nitrogen and oxygen atoms in total. The maximum absolute atomic E-state index is 12.3. The second-order valence-corrected chi connectivity index (χ2v) is 6.40. The summed E-state index contributed by atoms with van der Waals surface area (Å²) in [6.07, 6.45) is 0. The van der Waals surface area contributed by atoms with Crippen molar-refractivity contribution in [2.45, 2.75) is 20.8 Å². The second kappa shape index (κ2) is 5.93. The number of aromatic nitrogens is 1. The van der Waals surface area contributed by atoms with Crippen molar-refractivity contribution in [2.75, 3.05) is 0 Å². The SMILES string of the molecule is CC(=O)Oc1cc(C)c(-c2[nH+]c3ccccc3c(=O)s2)cc1C. The molecule has 0 aliphatic heterocycles. The number of rotatable bonds is 2. The van der Waals surface area contributed by atoms with Gasteiger partial charge in [-0.1, -0.05) is 12.1 Å². The summed E-state index contributed by atoms with van der Waals surface area (Å²) in [6.45, 7) is 5.19. The molecule has 0 saturated heterocycles. The van der Waals surface area contributed by atoms with Crippen LogP contribution in [0.25, 0.3) is 21.5 Å².